The second-order valence-corrected chi connectivity index (χ2v) is 4.00. The van der Waals surface area contributed by atoms with Gasteiger partial charge in [0, 0.05) is 0 Å². The van der Waals surface area contributed by atoms with Gasteiger partial charge in [-0.1, -0.05) is 13.8 Å². The van der Waals surface area contributed by atoms with Crippen LogP contribution in [-0.4, -0.2) is 50.1 Å². The van der Waals surface area contributed by atoms with Crippen molar-refractivity contribution in [2.75, 3.05) is 40.3 Å². The van der Waals surface area contributed by atoms with Gasteiger partial charge in [0.25, 0.3) is 0 Å². The molecule has 0 N–H and O–H groups in total. The standard InChI is InChI=1S/C11H26N2/c1-5-8-13(9-6-2)11-7-10-12(3)4/h5-11H2,1-4H3. The molecule has 0 fully saturated rings. The zero-order valence-electron chi connectivity index (χ0n) is 9.84. The fourth-order valence-corrected chi connectivity index (χ4v) is 1.58. The van der Waals surface area contributed by atoms with Crippen LogP contribution >= 0.6 is 0 Å². The van der Waals surface area contributed by atoms with Crippen molar-refractivity contribution in [3.63, 3.8) is 0 Å². The largest absolute Gasteiger partial charge is 0.309 e. The first-order chi connectivity index (χ1) is 6.20. The number of rotatable bonds is 8. The number of hydrogen-bond donors (Lipinski definition) is 0. The third-order valence-corrected chi connectivity index (χ3v) is 2.16. The molecule has 0 atom stereocenters. The molecule has 0 bridgehead atoms. The molecule has 0 aromatic carbocycles. The first-order valence-electron chi connectivity index (χ1n) is 5.57. The topological polar surface area (TPSA) is 6.48 Å². The molecule has 0 unspecified atom stereocenters. The summed E-state index contributed by atoms with van der Waals surface area (Å²) in [6.07, 6.45) is 3.86. The van der Waals surface area contributed by atoms with Gasteiger partial charge in [-0.2, -0.15) is 0 Å². The zero-order valence-corrected chi connectivity index (χ0v) is 9.84. The molecule has 0 saturated carbocycles. The fourth-order valence-electron chi connectivity index (χ4n) is 1.58. The van der Waals surface area contributed by atoms with Crippen LogP contribution in [0.1, 0.15) is 33.1 Å². The molecular weight excluding hydrogens is 160 g/mol. The highest BCUT2D eigenvalue weighted by molar-refractivity contribution is 4.57. The fraction of sp³-hybridized carbons (Fsp3) is 1.00. The highest BCUT2D eigenvalue weighted by Crippen LogP contribution is 1.96. The molecule has 0 spiro atoms. The SMILES string of the molecule is CCCN(CCC)CCCN(C)C. The number of hydrogen-bond acceptors (Lipinski definition) is 2. The Bertz CT molecular complexity index is 96.3. The maximum absolute atomic E-state index is 2.57. The quantitative estimate of drug-likeness (QED) is 0.572. The van der Waals surface area contributed by atoms with E-state index in [9.17, 15) is 0 Å². The van der Waals surface area contributed by atoms with E-state index < -0.39 is 0 Å². The summed E-state index contributed by atoms with van der Waals surface area (Å²) in [4.78, 5) is 4.83. The molecule has 0 rings (SSSR count). The Balaban J connectivity index is 3.44. The predicted molar refractivity (Wildman–Crippen MR) is 60.2 cm³/mol. The van der Waals surface area contributed by atoms with E-state index in [1.165, 1.54) is 45.4 Å². The van der Waals surface area contributed by atoms with E-state index in [4.69, 9.17) is 0 Å². The minimum absolute atomic E-state index is 1.21. The van der Waals surface area contributed by atoms with Crippen LogP contribution in [0, 0.1) is 0 Å². The maximum Gasteiger partial charge on any atom is -0.000656 e. The van der Waals surface area contributed by atoms with E-state index in [0.29, 0.717) is 0 Å². The zero-order chi connectivity index (χ0) is 10.1. The lowest BCUT2D eigenvalue weighted by atomic mass is 10.3. The lowest BCUT2D eigenvalue weighted by Gasteiger charge is -2.21. The summed E-state index contributed by atoms with van der Waals surface area (Å²) in [5.74, 6) is 0. The smallest absolute Gasteiger partial charge is 0.000656 e. The van der Waals surface area contributed by atoms with Gasteiger partial charge in [-0.25, -0.2) is 0 Å². The maximum atomic E-state index is 2.57. The van der Waals surface area contributed by atoms with E-state index in [1.807, 2.05) is 0 Å². The van der Waals surface area contributed by atoms with Crippen LogP contribution in [0.2, 0.25) is 0 Å². The Morgan fingerprint density at radius 1 is 0.769 bits per heavy atom. The second-order valence-electron chi connectivity index (χ2n) is 4.00. The van der Waals surface area contributed by atoms with Gasteiger partial charge in [0.2, 0.25) is 0 Å². The van der Waals surface area contributed by atoms with Gasteiger partial charge >= 0.3 is 0 Å². The molecule has 2 heteroatoms. The summed E-state index contributed by atoms with van der Waals surface area (Å²) in [6, 6.07) is 0. The van der Waals surface area contributed by atoms with E-state index in [0.717, 1.165) is 0 Å². The summed E-state index contributed by atoms with van der Waals surface area (Å²) in [5, 5.41) is 0. The van der Waals surface area contributed by atoms with Crippen LogP contribution in [-0.2, 0) is 0 Å². The first kappa shape index (κ1) is 12.9. The van der Waals surface area contributed by atoms with Crippen LogP contribution in [0.5, 0.6) is 0 Å². The Hall–Kier alpha value is -0.0800. The van der Waals surface area contributed by atoms with Crippen molar-refractivity contribution in [3.05, 3.63) is 0 Å². The molecule has 0 aliphatic carbocycles. The van der Waals surface area contributed by atoms with Crippen molar-refractivity contribution in [1.82, 2.24) is 9.80 Å². The van der Waals surface area contributed by atoms with Crippen molar-refractivity contribution in [2.24, 2.45) is 0 Å². The van der Waals surface area contributed by atoms with Crippen LogP contribution in [0.4, 0.5) is 0 Å². The summed E-state index contributed by atoms with van der Waals surface area (Å²) >= 11 is 0. The molecule has 0 saturated heterocycles. The van der Waals surface area contributed by atoms with E-state index in [-0.39, 0.29) is 0 Å². The molecule has 0 aliphatic heterocycles. The van der Waals surface area contributed by atoms with E-state index in [1.54, 1.807) is 0 Å². The molecule has 2 nitrogen and oxygen atoms in total. The minimum Gasteiger partial charge on any atom is -0.309 e. The van der Waals surface area contributed by atoms with Gasteiger partial charge in [0.05, 0.1) is 0 Å². The van der Waals surface area contributed by atoms with Crippen LogP contribution < -0.4 is 0 Å². The normalized spacial score (nSPS) is 11.5. The van der Waals surface area contributed by atoms with E-state index >= 15 is 0 Å². The highest BCUT2D eigenvalue weighted by Gasteiger charge is 2.01. The second kappa shape index (κ2) is 8.52. The van der Waals surface area contributed by atoms with Crippen molar-refractivity contribution >= 4 is 0 Å². The van der Waals surface area contributed by atoms with Gasteiger partial charge in [0.1, 0.15) is 0 Å². The molecule has 0 heterocycles. The average molecular weight is 186 g/mol. The Morgan fingerprint density at radius 2 is 1.31 bits per heavy atom. The molecule has 13 heavy (non-hydrogen) atoms. The minimum atomic E-state index is 1.21. The lowest BCUT2D eigenvalue weighted by molar-refractivity contribution is 0.256. The van der Waals surface area contributed by atoms with Crippen molar-refractivity contribution in [3.8, 4) is 0 Å². The first-order valence-corrected chi connectivity index (χ1v) is 5.57. The van der Waals surface area contributed by atoms with Crippen LogP contribution in [0.15, 0.2) is 0 Å². The highest BCUT2D eigenvalue weighted by atomic mass is 15.1. The predicted octanol–water partition coefficient (Wildman–Crippen LogP) is 2.06. The van der Waals surface area contributed by atoms with Crippen molar-refractivity contribution in [1.29, 1.82) is 0 Å². The Labute approximate surface area is 83.9 Å². The molecule has 0 radical (unpaired) electrons. The van der Waals surface area contributed by atoms with Gasteiger partial charge in [-0.15, -0.1) is 0 Å². The lowest BCUT2D eigenvalue weighted by Crippen LogP contribution is -2.28. The summed E-state index contributed by atoms with van der Waals surface area (Å²) in [6.45, 7) is 9.52. The third kappa shape index (κ3) is 8.26. The monoisotopic (exact) mass is 186 g/mol. The molecule has 0 aromatic rings. The third-order valence-electron chi connectivity index (χ3n) is 2.16. The summed E-state index contributed by atoms with van der Waals surface area (Å²) < 4.78 is 0. The van der Waals surface area contributed by atoms with Crippen molar-refractivity contribution < 1.29 is 0 Å². The Kier molecular flexibility index (Phi) is 8.46. The average Bonchev–Trinajstić information content (AvgIpc) is 2.04. The summed E-state index contributed by atoms with van der Waals surface area (Å²) in [5.41, 5.74) is 0. The Morgan fingerprint density at radius 3 is 1.69 bits per heavy atom. The molecule has 80 valence electrons. The van der Waals surface area contributed by atoms with Crippen molar-refractivity contribution in [2.45, 2.75) is 33.1 Å². The molecule has 0 amide bonds. The number of nitrogens with zero attached hydrogens (tertiary/aromatic N) is 2. The van der Waals surface area contributed by atoms with Gasteiger partial charge < -0.3 is 9.80 Å². The van der Waals surface area contributed by atoms with E-state index in [2.05, 4.69) is 37.7 Å². The summed E-state index contributed by atoms with van der Waals surface area (Å²) in [7, 11) is 4.29. The van der Waals surface area contributed by atoms with Gasteiger partial charge in [-0.3, -0.25) is 0 Å². The molecule has 0 aliphatic rings. The van der Waals surface area contributed by atoms with Crippen LogP contribution in [0.3, 0.4) is 0 Å². The molecular formula is C11H26N2. The molecule has 0 aromatic heterocycles. The van der Waals surface area contributed by atoms with Gasteiger partial charge in [-0.05, 0) is 59.5 Å². The van der Waals surface area contributed by atoms with Gasteiger partial charge in [0.15, 0.2) is 0 Å². The van der Waals surface area contributed by atoms with Crippen LogP contribution in [0.25, 0.3) is 0 Å².